The molecule has 5 heteroatoms. The van der Waals surface area contributed by atoms with E-state index in [0.717, 1.165) is 5.69 Å². The van der Waals surface area contributed by atoms with Crippen molar-refractivity contribution in [3.05, 3.63) is 11.9 Å². The summed E-state index contributed by atoms with van der Waals surface area (Å²) in [6, 6.07) is -0.209. The lowest BCUT2D eigenvalue weighted by molar-refractivity contribution is 0.129. The highest BCUT2D eigenvalue weighted by molar-refractivity contribution is 5.01. The molecule has 0 saturated carbocycles. The van der Waals surface area contributed by atoms with Crippen LogP contribution >= 0.6 is 0 Å². The van der Waals surface area contributed by atoms with Crippen molar-refractivity contribution in [2.24, 2.45) is 5.73 Å². The van der Waals surface area contributed by atoms with E-state index in [4.69, 9.17) is 5.73 Å². The zero-order chi connectivity index (χ0) is 10.0. The third-order valence-electron chi connectivity index (χ3n) is 2.15. The molecule has 0 saturated heterocycles. The van der Waals surface area contributed by atoms with E-state index in [-0.39, 0.29) is 12.1 Å². The van der Waals surface area contributed by atoms with Gasteiger partial charge in [0.2, 0.25) is 0 Å². The molecule has 0 aromatic carbocycles. The molecule has 0 radical (unpaired) electrons. The minimum absolute atomic E-state index is 0.0940. The van der Waals surface area contributed by atoms with Crippen LogP contribution in [0.4, 0.5) is 0 Å². The molecule has 0 spiro atoms. The molecule has 0 aliphatic carbocycles. The maximum absolute atomic E-state index is 9.37. The molecule has 1 heterocycles. The first-order valence-corrected chi connectivity index (χ1v) is 4.37. The number of nitrogens with two attached hydrogens (primary N) is 1. The van der Waals surface area contributed by atoms with Crippen LogP contribution in [0, 0.1) is 0 Å². The maximum atomic E-state index is 9.37. The fourth-order valence-electron chi connectivity index (χ4n) is 1.10. The Labute approximate surface area is 77.6 Å². The molecular weight excluding hydrogens is 168 g/mol. The van der Waals surface area contributed by atoms with Crippen LogP contribution in [0.3, 0.4) is 0 Å². The van der Waals surface area contributed by atoms with Gasteiger partial charge in [0.1, 0.15) is 0 Å². The summed E-state index contributed by atoms with van der Waals surface area (Å²) in [4.78, 5) is 0. The van der Waals surface area contributed by atoms with E-state index in [1.807, 2.05) is 13.8 Å². The molecule has 0 amide bonds. The quantitative estimate of drug-likeness (QED) is 0.705. The second kappa shape index (κ2) is 3.85. The van der Waals surface area contributed by atoms with E-state index in [2.05, 4.69) is 10.3 Å². The van der Waals surface area contributed by atoms with Gasteiger partial charge in [-0.3, -0.25) is 0 Å². The highest BCUT2D eigenvalue weighted by atomic mass is 16.3. The smallest absolute Gasteiger partial charge is 0.0768 e. The van der Waals surface area contributed by atoms with Crippen LogP contribution in [-0.4, -0.2) is 26.2 Å². The number of aromatic nitrogens is 3. The van der Waals surface area contributed by atoms with Gasteiger partial charge in [-0.25, -0.2) is 4.68 Å². The Hall–Kier alpha value is -0.940. The summed E-state index contributed by atoms with van der Waals surface area (Å²) in [5.74, 6) is 0. The van der Waals surface area contributed by atoms with Gasteiger partial charge in [-0.15, -0.1) is 5.10 Å². The average Bonchev–Trinajstić information content (AvgIpc) is 2.50. The van der Waals surface area contributed by atoms with E-state index in [1.54, 1.807) is 17.8 Å². The van der Waals surface area contributed by atoms with E-state index in [0.29, 0.717) is 0 Å². The van der Waals surface area contributed by atoms with Crippen molar-refractivity contribution < 1.29 is 5.11 Å². The Morgan fingerprint density at radius 2 is 2.08 bits per heavy atom. The van der Waals surface area contributed by atoms with Gasteiger partial charge in [-0.2, -0.15) is 0 Å². The minimum atomic E-state index is -0.459. The van der Waals surface area contributed by atoms with E-state index < -0.39 is 6.10 Å². The lowest BCUT2D eigenvalue weighted by atomic mass is 10.2. The SMILES string of the molecule is CC(O)C(C)n1nncc1[C@@H](C)N. The van der Waals surface area contributed by atoms with Crippen LogP contribution in [0.1, 0.15) is 38.5 Å². The summed E-state index contributed by atoms with van der Waals surface area (Å²) in [7, 11) is 0. The lowest BCUT2D eigenvalue weighted by Crippen LogP contribution is -2.23. The van der Waals surface area contributed by atoms with Gasteiger partial charge < -0.3 is 10.8 Å². The standard InChI is InChI=1S/C8H16N4O/c1-5(9)8-4-10-11-12(8)6(2)7(3)13/h4-7,13H,9H2,1-3H3/t5-,6?,7?/m1/s1. The van der Waals surface area contributed by atoms with Crippen LogP contribution in [0.15, 0.2) is 6.20 Å². The summed E-state index contributed by atoms with van der Waals surface area (Å²) in [5, 5.41) is 17.0. The third kappa shape index (κ3) is 2.05. The fourth-order valence-corrected chi connectivity index (χ4v) is 1.10. The fraction of sp³-hybridized carbons (Fsp3) is 0.750. The van der Waals surface area contributed by atoms with Gasteiger partial charge in [-0.05, 0) is 20.8 Å². The monoisotopic (exact) mass is 184 g/mol. The molecule has 13 heavy (non-hydrogen) atoms. The van der Waals surface area contributed by atoms with E-state index >= 15 is 0 Å². The zero-order valence-electron chi connectivity index (χ0n) is 8.18. The van der Waals surface area contributed by atoms with Crippen molar-refractivity contribution in [1.82, 2.24) is 15.0 Å². The first-order valence-electron chi connectivity index (χ1n) is 4.37. The summed E-state index contributed by atoms with van der Waals surface area (Å²) in [6.45, 7) is 5.46. The molecule has 0 aliphatic rings. The van der Waals surface area contributed by atoms with Gasteiger partial charge >= 0.3 is 0 Å². The number of aliphatic hydroxyl groups excluding tert-OH is 1. The van der Waals surface area contributed by atoms with Crippen molar-refractivity contribution in [1.29, 1.82) is 0 Å². The number of hydrogen-bond acceptors (Lipinski definition) is 4. The summed E-state index contributed by atoms with van der Waals surface area (Å²) in [6.07, 6.45) is 1.17. The Balaban J connectivity index is 2.93. The van der Waals surface area contributed by atoms with Crippen molar-refractivity contribution in [2.75, 3.05) is 0 Å². The van der Waals surface area contributed by atoms with Crippen molar-refractivity contribution in [3.8, 4) is 0 Å². The average molecular weight is 184 g/mol. The summed E-state index contributed by atoms with van der Waals surface area (Å²) in [5.41, 5.74) is 6.56. The maximum Gasteiger partial charge on any atom is 0.0768 e. The highest BCUT2D eigenvalue weighted by Gasteiger charge is 2.17. The molecule has 1 aromatic rings. The molecule has 1 rings (SSSR count). The van der Waals surface area contributed by atoms with Crippen molar-refractivity contribution in [3.63, 3.8) is 0 Å². The van der Waals surface area contributed by atoms with E-state index in [1.165, 1.54) is 0 Å². The predicted molar refractivity (Wildman–Crippen MR) is 49.0 cm³/mol. The largest absolute Gasteiger partial charge is 0.391 e. The number of nitrogens with zero attached hydrogens (tertiary/aromatic N) is 3. The lowest BCUT2D eigenvalue weighted by Gasteiger charge is -2.18. The van der Waals surface area contributed by atoms with E-state index in [9.17, 15) is 5.11 Å². The van der Waals surface area contributed by atoms with Gasteiger partial charge in [0.15, 0.2) is 0 Å². The van der Waals surface area contributed by atoms with Crippen LogP contribution in [-0.2, 0) is 0 Å². The number of aliphatic hydroxyl groups is 1. The first kappa shape index (κ1) is 10.1. The molecule has 0 fully saturated rings. The van der Waals surface area contributed by atoms with Crippen molar-refractivity contribution in [2.45, 2.75) is 39.0 Å². The molecule has 0 bridgehead atoms. The second-order valence-corrected chi connectivity index (χ2v) is 3.37. The predicted octanol–water partition coefficient (Wildman–Crippen LogP) is 0.240. The normalized spacial score (nSPS) is 18.2. The topological polar surface area (TPSA) is 77.0 Å². The summed E-state index contributed by atoms with van der Waals surface area (Å²) >= 11 is 0. The van der Waals surface area contributed by atoms with Gasteiger partial charge in [0.25, 0.3) is 0 Å². The second-order valence-electron chi connectivity index (χ2n) is 3.37. The van der Waals surface area contributed by atoms with Gasteiger partial charge in [-0.1, -0.05) is 5.21 Å². The molecule has 74 valence electrons. The van der Waals surface area contributed by atoms with Crippen LogP contribution in [0.5, 0.6) is 0 Å². The molecule has 3 atom stereocenters. The number of hydrogen-bond donors (Lipinski definition) is 2. The Morgan fingerprint density at radius 1 is 1.46 bits per heavy atom. The molecular formula is C8H16N4O. The van der Waals surface area contributed by atoms with Crippen LogP contribution in [0.25, 0.3) is 0 Å². The Bertz CT molecular complexity index is 269. The summed E-state index contributed by atoms with van der Waals surface area (Å²) < 4.78 is 1.66. The third-order valence-corrected chi connectivity index (χ3v) is 2.15. The van der Waals surface area contributed by atoms with Crippen LogP contribution < -0.4 is 5.73 Å². The van der Waals surface area contributed by atoms with Gasteiger partial charge in [0.05, 0.1) is 24.0 Å². The van der Waals surface area contributed by atoms with Gasteiger partial charge in [0, 0.05) is 6.04 Å². The Kier molecular flexibility index (Phi) is 3.00. The number of rotatable bonds is 3. The molecule has 5 nitrogen and oxygen atoms in total. The zero-order valence-corrected chi connectivity index (χ0v) is 8.18. The molecule has 2 unspecified atom stereocenters. The highest BCUT2D eigenvalue weighted by Crippen LogP contribution is 2.15. The van der Waals surface area contributed by atoms with Crippen molar-refractivity contribution >= 4 is 0 Å². The minimum Gasteiger partial charge on any atom is -0.391 e. The first-order chi connectivity index (χ1) is 6.04. The van der Waals surface area contributed by atoms with Crippen LogP contribution in [0.2, 0.25) is 0 Å². The molecule has 0 aliphatic heterocycles. The Morgan fingerprint density at radius 3 is 2.54 bits per heavy atom. The molecule has 3 N–H and O–H groups in total. The molecule has 1 aromatic heterocycles.